The summed E-state index contributed by atoms with van der Waals surface area (Å²) in [4.78, 5) is 10.5. The van der Waals surface area contributed by atoms with Gasteiger partial charge in [0, 0.05) is 10.5 Å². The first kappa shape index (κ1) is 14.8. The highest BCUT2D eigenvalue weighted by atomic mass is 79.9. The van der Waals surface area contributed by atoms with E-state index in [0.717, 1.165) is 21.9 Å². The molecule has 3 nitrogen and oxygen atoms in total. The largest absolute Gasteiger partial charge is 0.489 e. The van der Waals surface area contributed by atoms with Gasteiger partial charge in [0.05, 0.1) is 0 Å². The molecule has 0 aliphatic rings. The average molecular weight is 313 g/mol. The van der Waals surface area contributed by atoms with Crippen molar-refractivity contribution in [3.05, 3.63) is 39.9 Å². The fourth-order valence-corrected chi connectivity index (χ4v) is 1.92. The van der Waals surface area contributed by atoms with Gasteiger partial charge in [0.1, 0.15) is 12.4 Å². The van der Waals surface area contributed by atoms with E-state index in [2.05, 4.69) is 29.8 Å². The molecule has 0 atom stereocenters. The predicted molar refractivity (Wildman–Crippen MR) is 75.1 cm³/mol. The number of hydrogen-bond acceptors (Lipinski definition) is 2. The highest BCUT2D eigenvalue weighted by Gasteiger charge is 2.08. The molecule has 0 amide bonds. The molecule has 1 aromatic carbocycles. The van der Waals surface area contributed by atoms with E-state index in [4.69, 9.17) is 9.84 Å². The summed E-state index contributed by atoms with van der Waals surface area (Å²) in [5.41, 5.74) is 1.78. The van der Waals surface area contributed by atoms with Crippen LogP contribution < -0.4 is 4.74 Å². The molecule has 0 heterocycles. The van der Waals surface area contributed by atoms with Crippen molar-refractivity contribution < 1.29 is 14.6 Å². The van der Waals surface area contributed by atoms with Crippen LogP contribution in [0.2, 0.25) is 0 Å². The molecule has 0 saturated heterocycles. The van der Waals surface area contributed by atoms with Crippen LogP contribution in [0.1, 0.15) is 32.3 Å². The number of aliphatic carboxylic acids is 1. The van der Waals surface area contributed by atoms with Crippen molar-refractivity contribution in [2.45, 2.75) is 26.7 Å². The zero-order chi connectivity index (χ0) is 13.7. The van der Waals surface area contributed by atoms with E-state index in [1.807, 2.05) is 18.2 Å². The van der Waals surface area contributed by atoms with Crippen LogP contribution >= 0.6 is 15.9 Å². The van der Waals surface area contributed by atoms with E-state index in [9.17, 15) is 4.79 Å². The maximum atomic E-state index is 10.5. The number of hydrogen-bond donors (Lipinski definition) is 1. The normalized spacial score (nSPS) is 11.7. The van der Waals surface area contributed by atoms with E-state index in [1.54, 1.807) is 6.92 Å². The number of carbonyl (C=O) groups is 1. The van der Waals surface area contributed by atoms with Crippen LogP contribution in [0.3, 0.4) is 0 Å². The van der Waals surface area contributed by atoms with Crippen LogP contribution in [0, 0.1) is 0 Å². The van der Waals surface area contributed by atoms with E-state index in [-0.39, 0.29) is 6.61 Å². The molecule has 0 radical (unpaired) electrons. The van der Waals surface area contributed by atoms with Crippen LogP contribution in [0.5, 0.6) is 5.75 Å². The van der Waals surface area contributed by atoms with Crippen LogP contribution in [0.15, 0.2) is 34.3 Å². The molecule has 0 bridgehead atoms. The second-order valence-corrected chi connectivity index (χ2v) is 5.37. The standard InChI is InChI=1S/C14H17BrO3/c1-9(2)12-7-11(15)4-5-13(12)18-8-10(3)6-14(16)17/h4-7,9H,8H2,1-3H3,(H,16,17)/b10-6+. The quantitative estimate of drug-likeness (QED) is 0.836. The molecule has 0 saturated carbocycles. The van der Waals surface area contributed by atoms with Gasteiger partial charge in [-0.25, -0.2) is 4.79 Å². The Morgan fingerprint density at radius 2 is 2.17 bits per heavy atom. The SMILES string of the molecule is C/C(=C\C(=O)O)COc1ccc(Br)cc1C(C)C. The number of benzene rings is 1. The highest BCUT2D eigenvalue weighted by Crippen LogP contribution is 2.29. The third-order valence-corrected chi connectivity index (χ3v) is 2.91. The van der Waals surface area contributed by atoms with Gasteiger partial charge in [0.15, 0.2) is 0 Å². The van der Waals surface area contributed by atoms with Gasteiger partial charge in [-0.15, -0.1) is 0 Å². The summed E-state index contributed by atoms with van der Waals surface area (Å²) in [7, 11) is 0. The van der Waals surface area contributed by atoms with Crippen molar-refractivity contribution in [3.63, 3.8) is 0 Å². The van der Waals surface area contributed by atoms with Crippen LogP contribution in [0.25, 0.3) is 0 Å². The fourth-order valence-electron chi connectivity index (χ4n) is 1.55. The maximum Gasteiger partial charge on any atom is 0.328 e. The Kier molecular flexibility index (Phi) is 5.41. The molecule has 0 unspecified atom stereocenters. The molecule has 18 heavy (non-hydrogen) atoms. The summed E-state index contributed by atoms with van der Waals surface area (Å²) in [5.74, 6) is 0.198. The Balaban J connectivity index is 2.82. The van der Waals surface area contributed by atoms with E-state index in [0.29, 0.717) is 11.5 Å². The minimum Gasteiger partial charge on any atom is -0.489 e. The Hall–Kier alpha value is -1.29. The van der Waals surface area contributed by atoms with E-state index >= 15 is 0 Å². The summed E-state index contributed by atoms with van der Waals surface area (Å²) in [6, 6.07) is 5.83. The van der Waals surface area contributed by atoms with Crippen molar-refractivity contribution in [1.29, 1.82) is 0 Å². The molecule has 0 aliphatic carbocycles. The first-order valence-corrected chi connectivity index (χ1v) is 6.51. The Labute approximate surface area is 116 Å². The van der Waals surface area contributed by atoms with Crippen molar-refractivity contribution in [3.8, 4) is 5.75 Å². The lowest BCUT2D eigenvalue weighted by molar-refractivity contribution is -0.131. The summed E-state index contributed by atoms with van der Waals surface area (Å²) in [5, 5.41) is 8.62. The van der Waals surface area contributed by atoms with Gasteiger partial charge in [-0.2, -0.15) is 0 Å². The van der Waals surface area contributed by atoms with Crippen molar-refractivity contribution in [2.75, 3.05) is 6.61 Å². The Morgan fingerprint density at radius 3 is 2.72 bits per heavy atom. The fraction of sp³-hybridized carbons (Fsp3) is 0.357. The minimum absolute atomic E-state index is 0.285. The van der Waals surface area contributed by atoms with Gasteiger partial charge in [0.2, 0.25) is 0 Å². The number of carboxylic acid groups (broad SMARTS) is 1. The Morgan fingerprint density at radius 1 is 1.50 bits per heavy atom. The van der Waals surface area contributed by atoms with Gasteiger partial charge in [0.25, 0.3) is 0 Å². The molecule has 1 aromatic rings. The van der Waals surface area contributed by atoms with Crippen LogP contribution in [-0.4, -0.2) is 17.7 Å². The molecule has 0 fully saturated rings. The summed E-state index contributed by atoms with van der Waals surface area (Å²) in [6.45, 7) is 6.21. The van der Waals surface area contributed by atoms with Gasteiger partial charge in [-0.1, -0.05) is 29.8 Å². The first-order chi connectivity index (χ1) is 8.40. The lowest BCUT2D eigenvalue weighted by Gasteiger charge is -2.14. The third-order valence-electron chi connectivity index (χ3n) is 2.42. The van der Waals surface area contributed by atoms with E-state index < -0.39 is 5.97 Å². The minimum atomic E-state index is -0.948. The molecule has 0 aromatic heterocycles. The van der Waals surface area contributed by atoms with Gasteiger partial charge in [-0.05, 0) is 42.2 Å². The first-order valence-electron chi connectivity index (χ1n) is 5.72. The van der Waals surface area contributed by atoms with Gasteiger partial charge in [-0.3, -0.25) is 0 Å². The third kappa shape index (κ3) is 4.53. The molecule has 0 aliphatic heterocycles. The highest BCUT2D eigenvalue weighted by molar-refractivity contribution is 9.10. The van der Waals surface area contributed by atoms with Crippen molar-refractivity contribution >= 4 is 21.9 Å². The molecule has 1 N–H and O–H groups in total. The monoisotopic (exact) mass is 312 g/mol. The van der Waals surface area contributed by atoms with Gasteiger partial charge >= 0.3 is 5.97 Å². The maximum absolute atomic E-state index is 10.5. The summed E-state index contributed by atoms with van der Waals surface area (Å²) in [6.07, 6.45) is 1.16. The molecule has 98 valence electrons. The topological polar surface area (TPSA) is 46.5 Å². The molecule has 4 heteroatoms. The second kappa shape index (κ2) is 6.59. The lowest BCUT2D eigenvalue weighted by Crippen LogP contribution is -2.04. The zero-order valence-electron chi connectivity index (χ0n) is 10.7. The smallest absolute Gasteiger partial charge is 0.328 e. The van der Waals surface area contributed by atoms with Crippen molar-refractivity contribution in [2.24, 2.45) is 0 Å². The predicted octanol–water partition coefficient (Wildman–Crippen LogP) is 3.98. The molecule has 0 spiro atoms. The number of ether oxygens (including phenoxy) is 1. The van der Waals surface area contributed by atoms with Crippen LogP contribution in [0.4, 0.5) is 0 Å². The Bertz CT molecular complexity index is 464. The summed E-state index contributed by atoms with van der Waals surface area (Å²) >= 11 is 3.43. The van der Waals surface area contributed by atoms with Crippen LogP contribution in [-0.2, 0) is 4.79 Å². The number of halogens is 1. The zero-order valence-corrected chi connectivity index (χ0v) is 12.3. The van der Waals surface area contributed by atoms with Crippen molar-refractivity contribution in [1.82, 2.24) is 0 Å². The lowest BCUT2D eigenvalue weighted by atomic mass is 10.0. The molecular weight excluding hydrogens is 296 g/mol. The average Bonchev–Trinajstić information content (AvgIpc) is 2.26. The number of carboxylic acids is 1. The van der Waals surface area contributed by atoms with E-state index in [1.165, 1.54) is 0 Å². The molecular formula is C14H17BrO3. The molecule has 1 rings (SSSR count). The van der Waals surface area contributed by atoms with Gasteiger partial charge < -0.3 is 9.84 Å². The number of rotatable bonds is 5. The summed E-state index contributed by atoms with van der Waals surface area (Å²) < 4.78 is 6.67. The second-order valence-electron chi connectivity index (χ2n) is 4.45.